The summed E-state index contributed by atoms with van der Waals surface area (Å²) >= 11 is 2.78. The average molecular weight is 333 g/mol. The smallest absolute Gasteiger partial charge is 0.351 e. The Morgan fingerprint density at radius 1 is 1.36 bits per heavy atom. The van der Waals surface area contributed by atoms with E-state index >= 15 is 0 Å². The van der Waals surface area contributed by atoms with Crippen molar-refractivity contribution in [3.63, 3.8) is 0 Å². The van der Waals surface area contributed by atoms with Gasteiger partial charge < -0.3 is 10.1 Å². The molecule has 1 aliphatic rings. The summed E-state index contributed by atoms with van der Waals surface area (Å²) < 4.78 is 4.63. The van der Waals surface area contributed by atoms with Gasteiger partial charge in [-0.3, -0.25) is 0 Å². The lowest BCUT2D eigenvalue weighted by molar-refractivity contribution is -0.135. The summed E-state index contributed by atoms with van der Waals surface area (Å²) in [4.78, 5) is 12.9. The van der Waals surface area contributed by atoms with Gasteiger partial charge in [0, 0.05) is 4.88 Å². The molecule has 5 nitrogen and oxygen atoms in total. The molecular weight excluding hydrogens is 318 g/mol. The normalized spacial score (nSPS) is 14.2. The van der Waals surface area contributed by atoms with Crippen LogP contribution in [0.4, 0.5) is 5.00 Å². The fraction of sp³-hybridized carbons (Fsp3) is 0.400. The van der Waals surface area contributed by atoms with Crippen molar-refractivity contribution in [3.05, 3.63) is 26.6 Å². The number of nitrogens with one attached hydrogen (secondary N) is 1. The van der Waals surface area contributed by atoms with Crippen LogP contribution in [0.5, 0.6) is 0 Å². The van der Waals surface area contributed by atoms with Crippen LogP contribution in [0, 0.1) is 22.7 Å². The van der Waals surface area contributed by atoms with E-state index in [4.69, 9.17) is 0 Å². The van der Waals surface area contributed by atoms with E-state index in [-0.39, 0.29) is 5.57 Å². The highest BCUT2D eigenvalue weighted by Gasteiger charge is 2.23. The number of esters is 1. The lowest BCUT2D eigenvalue weighted by Gasteiger charge is -2.10. The highest BCUT2D eigenvalue weighted by Crippen LogP contribution is 2.39. The second kappa shape index (κ2) is 7.35. The van der Waals surface area contributed by atoms with E-state index in [2.05, 4.69) is 16.1 Å². The summed E-state index contributed by atoms with van der Waals surface area (Å²) in [5, 5.41) is 22.8. The Hall–Kier alpha value is -1.96. The van der Waals surface area contributed by atoms with Gasteiger partial charge in [0.15, 0.2) is 5.57 Å². The molecule has 1 N–H and O–H groups in total. The predicted molar refractivity (Wildman–Crippen MR) is 87.5 cm³/mol. The molecule has 1 aromatic rings. The molecule has 0 bridgehead atoms. The summed E-state index contributed by atoms with van der Waals surface area (Å²) in [5.74, 6) is -0.681. The quantitative estimate of drug-likeness (QED) is 0.517. The molecule has 0 unspecified atom stereocenters. The third kappa shape index (κ3) is 3.11. The number of methoxy groups -OCH3 is 1. The van der Waals surface area contributed by atoms with Crippen molar-refractivity contribution in [1.82, 2.24) is 0 Å². The number of thioether (sulfide) groups is 1. The number of hydrogen-bond acceptors (Lipinski definition) is 7. The minimum absolute atomic E-state index is 0.0785. The van der Waals surface area contributed by atoms with Crippen molar-refractivity contribution in [2.24, 2.45) is 0 Å². The Kier molecular flexibility index (Phi) is 5.48. The summed E-state index contributed by atoms with van der Waals surface area (Å²) in [6, 6.07) is 4.12. The van der Waals surface area contributed by atoms with E-state index in [1.165, 1.54) is 35.1 Å². The van der Waals surface area contributed by atoms with Gasteiger partial charge in [-0.15, -0.1) is 23.1 Å². The summed E-state index contributed by atoms with van der Waals surface area (Å²) in [6.07, 6.45) is 5.89. The zero-order valence-electron chi connectivity index (χ0n) is 12.4. The Bertz CT molecular complexity index is 708. The van der Waals surface area contributed by atoms with Gasteiger partial charge in [0.05, 0.1) is 17.7 Å². The van der Waals surface area contributed by atoms with Crippen molar-refractivity contribution in [1.29, 1.82) is 10.5 Å². The molecule has 0 atom stereocenters. The Morgan fingerprint density at radius 2 is 2.09 bits per heavy atom. The minimum Gasteiger partial charge on any atom is -0.465 e. The fourth-order valence-electron chi connectivity index (χ4n) is 2.38. The molecule has 7 heteroatoms. The molecular formula is C15H15N3O2S2. The minimum atomic E-state index is -0.681. The zero-order valence-corrected chi connectivity index (χ0v) is 14.0. The van der Waals surface area contributed by atoms with Gasteiger partial charge in [-0.05, 0) is 37.5 Å². The number of carbonyl (C=O) groups is 1. The van der Waals surface area contributed by atoms with Crippen LogP contribution in [-0.2, 0) is 22.4 Å². The SMILES string of the molecule is COC(=O)/C(C#N)=C(\Nc1sc2c(c1C#N)CCCC2)SC. The summed E-state index contributed by atoms with van der Waals surface area (Å²) in [7, 11) is 1.24. The van der Waals surface area contributed by atoms with Crippen LogP contribution in [0.1, 0.15) is 28.8 Å². The fourth-order valence-corrected chi connectivity index (χ4v) is 4.23. The van der Waals surface area contributed by atoms with Crippen molar-refractivity contribution in [2.45, 2.75) is 25.7 Å². The number of nitrogens with zero attached hydrogens (tertiary/aromatic N) is 2. The van der Waals surface area contributed by atoms with Crippen molar-refractivity contribution in [2.75, 3.05) is 18.7 Å². The maximum Gasteiger partial charge on any atom is 0.351 e. The Labute approximate surface area is 137 Å². The molecule has 0 aliphatic heterocycles. The van der Waals surface area contributed by atoms with Crippen LogP contribution in [-0.4, -0.2) is 19.3 Å². The molecule has 0 saturated carbocycles. The highest BCUT2D eigenvalue weighted by molar-refractivity contribution is 8.02. The molecule has 2 rings (SSSR count). The van der Waals surface area contributed by atoms with Gasteiger partial charge in [-0.25, -0.2) is 4.79 Å². The number of carbonyl (C=O) groups excluding carboxylic acids is 1. The number of fused-ring (bicyclic) bond motifs is 1. The maximum absolute atomic E-state index is 11.7. The van der Waals surface area contributed by atoms with Crippen LogP contribution in [0.15, 0.2) is 10.6 Å². The van der Waals surface area contributed by atoms with Gasteiger partial charge in [0.1, 0.15) is 17.1 Å². The topological polar surface area (TPSA) is 85.9 Å². The maximum atomic E-state index is 11.7. The monoisotopic (exact) mass is 333 g/mol. The van der Waals surface area contributed by atoms with Crippen LogP contribution in [0.3, 0.4) is 0 Å². The number of ether oxygens (including phenoxy) is 1. The summed E-state index contributed by atoms with van der Waals surface area (Å²) in [5.41, 5.74) is 1.66. The van der Waals surface area contributed by atoms with Gasteiger partial charge in [-0.1, -0.05) is 0 Å². The third-order valence-corrected chi connectivity index (χ3v) is 5.36. The number of rotatable bonds is 4. The average Bonchev–Trinajstić information content (AvgIpc) is 2.91. The third-order valence-electron chi connectivity index (χ3n) is 3.44. The molecule has 0 aromatic carbocycles. The largest absolute Gasteiger partial charge is 0.465 e. The van der Waals surface area contributed by atoms with Crippen LogP contribution >= 0.6 is 23.1 Å². The lowest BCUT2D eigenvalue weighted by atomic mass is 9.96. The first-order chi connectivity index (χ1) is 10.7. The van der Waals surface area contributed by atoms with Crippen molar-refractivity contribution >= 4 is 34.1 Å². The van der Waals surface area contributed by atoms with E-state index in [0.717, 1.165) is 31.2 Å². The molecule has 1 aliphatic carbocycles. The zero-order chi connectivity index (χ0) is 16.1. The second-order valence-electron chi connectivity index (χ2n) is 4.66. The standard InChI is InChI=1S/C15H15N3O2S2/c1-20-15(19)11(8-17)13(21-2)18-14-10(7-16)9-5-3-4-6-12(9)22-14/h18H,3-6H2,1-2H3/b13-11+. The molecule has 1 aromatic heterocycles. The lowest BCUT2D eigenvalue weighted by Crippen LogP contribution is -2.09. The molecule has 0 fully saturated rings. The van der Waals surface area contributed by atoms with Gasteiger partial charge >= 0.3 is 5.97 Å². The van der Waals surface area contributed by atoms with E-state index in [0.29, 0.717) is 15.6 Å². The van der Waals surface area contributed by atoms with Crippen molar-refractivity contribution < 1.29 is 9.53 Å². The van der Waals surface area contributed by atoms with Gasteiger partial charge in [0.25, 0.3) is 0 Å². The first-order valence-electron chi connectivity index (χ1n) is 6.74. The number of aryl methyl sites for hydroxylation is 1. The highest BCUT2D eigenvalue weighted by atomic mass is 32.2. The van der Waals surface area contributed by atoms with E-state index in [9.17, 15) is 15.3 Å². The molecule has 0 saturated heterocycles. The van der Waals surface area contributed by atoms with E-state index in [1.807, 2.05) is 6.07 Å². The van der Waals surface area contributed by atoms with Crippen LogP contribution in [0.25, 0.3) is 0 Å². The van der Waals surface area contributed by atoms with Gasteiger partial charge in [-0.2, -0.15) is 10.5 Å². The van der Waals surface area contributed by atoms with Crippen molar-refractivity contribution in [3.8, 4) is 12.1 Å². The van der Waals surface area contributed by atoms with Crippen LogP contribution in [0.2, 0.25) is 0 Å². The molecule has 0 radical (unpaired) electrons. The molecule has 1 heterocycles. The number of thiophene rings is 1. The Balaban J connectivity index is 2.43. The second-order valence-corrected chi connectivity index (χ2v) is 6.59. The number of nitriles is 2. The van der Waals surface area contributed by atoms with E-state index < -0.39 is 5.97 Å². The van der Waals surface area contributed by atoms with Gasteiger partial charge in [0.2, 0.25) is 0 Å². The number of anilines is 1. The Morgan fingerprint density at radius 3 is 2.68 bits per heavy atom. The first-order valence-corrected chi connectivity index (χ1v) is 8.78. The molecule has 0 spiro atoms. The summed E-state index contributed by atoms with van der Waals surface area (Å²) in [6.45, 7) is 0. The van der Waals surface area contributed by atoms with E-state index in [1.54, 1.807) is 6.26 Å². The molecule has 0 amide bonds. The predicted octanol–water partition coefficient (Wildman–Crippen LogP) is 3.18. The molecule has 114 valence electrons. The first kappa shape index (κ1) is 16.4. The molecule has 22 heavy (non-hydrogen) atoms. The number of hydrogen-bond donors (Lipinski definition) is 1. The van der Waals surface area contributed by atoms with Crippen LogP contribution < -0.4 is 5.32 Å².